The van der Waals surface area contributed by atoms with E-state index in [0.717, 1.165) is 0 Å². The maximum Gasteiger partial charge on any atom is 0.421 e. The van der Waals surface area contributed by atoms with Crippen LogP contribution in [0.3, 0.4) is 0 Å². The minimum Gasteiger partial charge on any atom is -0.377 e. The van der Waals surface area contributed by atoms with E-state index in [1.807, 2.05) is 0 Å². The maximum atomic E-state index is 14.1. The summed E-state index contributed by atoms with van der Waals surface area (Å²) in [7, 11) is 0. The fourth-order valence-electron chi connectivity index (χ4n) is 4.57. The molecule has 3 rings (SSSR count). The largest absolute Gasteiger partial charge is 0.421 e. The van der Waals surface area contributed by atoms with Crippen molar-refractivity contribution >= 4 is 0 Å². The highest BCUT2D eigenvalue weighted by Gasteiger charge is 2.62. The van der Waals surface area contributed by atoms with Gasteiger partial charge in [-0.3, -0.25) is 0 Å². The molecule has 0 saturated carbocycles. The average Bonchev–Trinajstić information content (AvgIpc) is 3.10. The monoisotopic (exact) mass is 470 g/mol. The minimum absolute atomic E-state index is 0.209. The van der Waals surface area contributed by atoms with Crippen LogP contribution in [0.4, 0.5) is 35.1 Å². The number of rotatable bonds is 0. The van der Waals surface area contributed by atoms with Gasteiger partial charge >= 0.3 is 12.4 Å². The summed E-state index contributed by atoms with van der Waals surface area (Å²) in [5, 5.41) is 13.0. The van der Waals surface area contributed by atoms with Gasteiger partial charge in [0.2, 0.25) is 11.5 Å². The van der Waals surface area contributed by atoms with E-state index in [-0.39, 0.29) is 12.8 Å². The Kier molecular flexibility index (Phi) is 6.83. The average molecular weight is 470 g/mol. The van der Waals surface area contributed by atoms with Gasteiger partial charge in [0.1, 0.15) is 6.23 Å². The molecular formula is C17H26F8N4O2. The summed E-state index contributed by atoms with van der Waals surface area (Å²) >= 11 is 0. The zero-order valence-electron chi connectivity index (χ0n) is 16.4. The molecule has 0 amide bonds. The Hall–Kier alpha value is -0.800. The highest BCUT2D eigenvalue weighted by atomic mass is 19.4. The maximum absolute atomic E-state index is 14.1. The van der Waals surface area contributed by atoms with Crippen LogP contribution in [0.5, 0.6) is 0 Å². The second-order valence-corrected chi connectivity index (χ2v) is 8.60. The number of nitrogens with one attached hydrogen (secondary N) is 3. The van der Waals surface area contributed by atoms with Crippen LogP contribution in [0.25, 0.3) is 0 Å². The van der Waals surface area contributed by atoms with E-state index in [1.165, 1.54) is 0 Å². The van der Waals surface area contributed by atoms with Crippen LogP contribution in [0.2, 0.25) is 0 Å². The normalized spacial score (nSPS) is 42.8. The molecule has 3 fully saturated rings. The number of piperidine rings is 1. The minimum atomic E-state index is -5.21. The van der Waals surface area contributed by atoms with E-state index >= 15 is 0 Å². The van der Waals surface area contributed by atoms with Crippen LogP contribution >= 0.6 is 0 Å². The molecule has 0 aromatic rings. The summed E-state index contributed by atoms with van der Waals surface area (Å²) in [5.74, 6) is -5.27. The van der Waals surface area contributed by atoms with Crippen molar-refractivity contribution in [1.29, 1.82) is 0 Å². The van der Waals surface area contributed by atoms with Crippen LogP contribution in [0.15, 0.2) is 0 Å². The smallest absolute Gasteiger partial charge is 0.377 e. The SMILES string of the molecule is NC1CC(C(F)(F)F)C2CCCC(F)(F)CCC[C@](O)(C(F)(F)F)C3NNC(O3)C1N2. The lowest BCUT2D eigenvalue weighted by Gasteiger charge is -2.44. The highest BCUT2D eigenvalue weighted by molar-refractivity contribution is 5.02. The van der Waals surface area contributed by atoms with E-state index in [4.69, 9.17) is 10.5 Å². The molecular weight excluding hydrogens is 444 g/mol. The van der Waals surface area contributed by atoms with E-state index in [2.05, 4.69) is 16.2 Å². The fourth-order valence-corrected chi connectivity index (χ4v) is 4.57. The number of hydrogen-bond donors (Lipinski definition) is 5. The van der Waals surface area contributed by atoms with Crippen molar-refractivity contribution in [2.75, 3.05) is 0 Å². The number of hydrazine groups is 1. The van der Waals surface area contributed by atoms with Gasteiger partial charge in [-0.1, -0.05) is 0 Å². The van der Waals surface area contributed by atoms with Gasteiger partial charge < -0.3 is 20.9 Å². The zero-order chi connectivity index (χ0) is 23.2. The number of fused-ring (bicyclic) bond motifs is 5. The number of alkyl halides is 8. The first-order chi connectivity index (χ1) is 14.1. The van der Waals surface area contributed by atoms with E-state index in [0.29, 0.717) is 0 Å². The summed E-state index contributed by atoms with van der Waals surface area (Å²) in [6.07, 6.45) is -17.6. The van der Waals surface area contributed by atoms with Crippen molar-refractivity contribution in [3.05, 3.63) is 0 Å². The Bertz CT molecular complexity index is 634. The van der Waals surface area contributed by atoms with Gasteiger partial charge in [0.15, 0.2) is 6.23 Å². The first-order valence-corrected chi connectivity index (χ1v) is 10.1. The quantitative estimate of drug-likeness (QED) is 0.349. The summed E-state index contributed by atoms with van der Waals surface area (Å²) in [5.41, 5.74) is 6.96. The van der Waals surface area contributed by atoms with Crippen LogP contribution in [0, 0.1) is 5.92 Å². The third-order valence-electron chi connectivity index (χ3n) is 6.35. The molecule has 6 unspecified atom stereocenters. The molecule has 0 spiro atoms. The first kappa shape index (κ1) is 24.8. The van der Waals surface area contributed by atoms with Crippen molar-refractivity contribution in [3.63, 3.8) is 0 Å². The van der Waals surface area contributed by atoms with Crippen molar-refractivity contribution in [2.45, 2.75) is 99.4 Å². The van der Waals surface area contributed by atoms with Crippen LogP contribution in [-0.4, -0.2) is 59.6 Å². The lowest BCUT2D eigenvalue weighted by Crippen LogP contribution is -2.66. The zero-order valence-corrected chi connectivity index (χ0v) is 16.4. The van der Waals surface area contributed by atoms with E-state index in [9.17, 15) is 40.2 Å². The topological polar surface area (TPSA) is 91.6 Å². The van der Waals surface area contributed by atoms with Crippen molar-refractivity contribution < 1.29 is 45.0 Å². The van der Waals surface area contributed by atoms with Crippen LogP contribution in [-0.2, 0) is 4.74 Å². The van der Waals surface area contributed by atoms with Gasteiger partial charge in [-0.25, -0.2) is 19.6 Å². The van der Waals surface area contributed by atoms with Crippen molar-refractivity contribution in [2.24, 2.45) is 11.7 Å². The van der Waals surface area contributed by atoms with Crippen molar-refractivity contribution in [1.82, 2.24) is 16.2 Å². The highest BCUT2D eigenvalue weighted by Crippen LogP contribution is 2.42. The molecule has 31 heavy (non-hydrogen) atoms. The molecule has 0 radical (unpaired) electrons. The van der Waals surface area contributed by atoms with Gasteiger partial charge in [0, 0.05) is 24.9 Å². The van der Waals surface area contributed by atoms with Gasteiger partial charge in [0.25, 0.3) is 0 Å². The molecule has 6 nitrogen and oxygen atoms in total. The Morgan fingerprint density at radius 3 is 2.23 bits per heavy atom. The Morgan fingerprint density at radius 2 is 1.61 bits per heavy atom. The molecule has 4 bridgehead atoms. The van der Waals surface area contributed by atoms with E-state index in [1.54, 1.807) is 0 Å². The van der Waals surface area contributed by atoms with Crippen molar-refractivity contribution in [3.8, 4) is 0 Å². The van der Waals surface area contributed by atoms with Gasteiger partial charge in [-0.2, -0.15) is 26.3 Å². The number of halogens is 8. The predicted octanol–water partition coefficient (Wildman–Crippen LogP) is 2.28. The standard InChI is InChI=1S/C17H26F8N4O2/c18-14(19)4-1-3-10-8(16(20,21)22)7-9(26)11(27-10)12-28-29-13(31-12)15(30,6-2-5-14)17(23,24)25/h8-13,27-30H,1-7,26H2/t8?,9?,10?,11?,12?,13?,15-/m1/s1. The number of ether oxygens (including phenoxy) is 1. The number of hydrogen-bond acceptors (Lipinski definition) is 6. The van der Waals surface area contributed by atoms with Crippen LogP contribution < -0.4 is 21.9 Å². The lowest BCUT2D eigenvalue weighted by atomic mass is 9.81. The Balaban J connectivity index is 1.89. The third kappa shape index (κ3) is 5.24. The molecule has 3 aliphatic heterocycles. The molecule has 0 aromatic carbocycles. The van der Waals surface area contributed by atoms with Gasteiger partial charge in [-0.15, -0.1) is 0 Å². The molecule has 6 N–H and O–H groups in total. The second kappa shape index (κ2) is 8.52. The molecule has 3 aliphatic rings. The molecule has 3 heterocycles. The van der Waals surface area contributed by atoms with Crippen LogP contribution in [0.1, 0.15) is 44.9 Å². The number of nitrogens with two attached hydrogens (primary N) is 1. The van der Waals surface area contributed by atoms with E-state index < -0.39 is 92.5 Å². The molecule has 3 saturated heterocycles. The molecule has 0 aliphatic carbocycles. The molecule has 0 aromatic heterocycles. The Morgan fingerprint density at radius 1 is 0.968 bits per heavy atom. The first-order valence-electron chi connectivity index (χ1n) is 10.1. The summed E-state index contributed by atoms with van der Waals surface area (Å²) in [6.45, 7) is 0. The van der Waals surface area contributed by atoms with Gasteiger partial charge in [-0.05, 0) is 32.1 Å². The predicted molar refractivity (Wildman–Crippen MR) is 91.4 cm³/mol. The fraction of sp³-hybridized carbons (Fsp3) is 1.00. The summed E-state index contributed by atoms with van der Waals surface area (Å²) in [6, 6.07) is -3.44. The summed E-state index contributed by atoms with van der Waals surface area (Å²) < 4.78 is 115. The molecule has 182 valence electrons. The second-order valence-electron chi connectivity index (χ2n) is 8.60. The van der Waals surface area contributed by atoms with Gasteiger partial charge in [0.05, 0.1) is 12.0 Å². The molecule has 7 atom stereocenters. The summed E-state index contributed by atoms with van der Waals surface area (Å²) in [4.78, 5) is 0. The number of aliphatic hydroxyl groups is 1. The molecule has 14 heteroatoms. The lowest BCUT2D eigenvalue weighted by molar-refractivity contribution is -0.301. The third-order valence-corrected chi connectivity index (χ3v) is 6.35. The Labute approximate surface area is 173 Å².